The van der Waals surface area contributed by atoms with Gasteiger partial charge in [-0.3, -0.25) is 0 Å². The second-order valence-corrected chi connectivity index (χ2v) is 13.0. The van der Waals surface area contributed by atoms with Crippen molar-refractivity contribution < 1.29 is 21.0 Å². The number of nitrogens with zero attached hydrogens (tertiary/aromatic N) is 1. The molecule has 2 saturated heterocycles. The number of hydrogen-bond donors (Lipinski definition) is 0. The molecule has 0 saturated carbocycles. The summed E-state index contributed by atoms with van der Waals surface area (Å²) < 4.78 is 57.3. The molecule has 0 aromatic heterocycles. The van der Waals surface area contributed by atoms with Crippen LogP contribution in [-0.2, 0) is 20.1 Å². The SMILES string of the molecule is O=S(=O)(Oc1ccc(C2SCCS2)cc1)c1ccc(S(=O)(=O)N2CCCC2)cc1. The molecule has 0 N–H and O–H groups in total. The molecular weight excluding hydrogens is 450 g/mol. The zero-order valence-electron chi connectivity index (χ0n) is 15.6. The molecule has 2 heterocycles. The van der Waals surface area contributed by atoms with E-state index in [-0.39, 0.29) is 15.5 Å². The molecule has 2 fully saturated rings. The average molecular weight is 472 g/mol. The fraction of sp³-hybridized carbons (Fsp3) is 0.368. The number of sulfonamides is 1. The monoisotopic (exact) mass is 471 g/mol. The van der Waals surface area contributed by atoms with Gasteiger partial charge in [0, 0.05) is 24.6 Å². The summed E-state index contributed by atoms with van der Waals surface area (Å²) in [5.74, 6) is 2.46. The summed E-state index contributed by atoms with van der Waals surface area (Å²) >= 11 is 3.75. The van der Waals surface area contributed by atoms with Gasteiger partial charge >= 0.3 is 10.1 Å². The number of hydrogen-bond acceptors (Lipinski definition) is 7. The molecule has 0 aliphatic carbocycles. The highest BCUT2D eigenvalue weighted by atomic mass is 32.2. The molecule has 2 aliphatic heterocycles. The maximum absolute atomic E-state index is 12.6. The van der Waals surface area contributed by atoms with Crippen molar-refractivity contribution in [2.75, 3.05) is 24.6 Å². The second-order valence-electron chi connectivity index (χ2n) is 6.76. The van der Waals surface area contributed by atoms with Crippen LogP contribution in [-0.4, -0.2) is 45.7 Å². The van der Waals surface area contributed by atoms with Crippen LogP contribution in [0.2, 0.25) is 0 Å². The van der Waals surface area contributed by atoms with Gasteiger partial charge in [0.25, 0.3) is 0 Å². The molecule has 2 aromatic rings. The summed E-state index contributed by atoms with van der Waals surface area (Å²) in [5.41, 5.74) is 1.14. The zero-order valence-corrected chi connectivity index (χ0v) is 18.8. The first-order valence-corrected chi connectivity index (χ1v) is 14.2. The normalized spacial score (nSPS) is 18.9. The minimum atomic E-state index is -4.05. The number of thioether (sulfide) groups is 2. The summed E-state index contributed by atoms with van der Waals surface area (Å²) in [6, 6.07) is 12.3. The lowest BCUT2D eigenvalue weighted by Crippen LogP contribution is -2.27. The van der Waals surface area contributed by atoms with Gasteiger partial charge in [-0.05, 0) is 54.8 Å². The summed E-state index contributed by atoms with van der Waals surface area (Å²) in [4.78, 5) is 0.0121. The molecule has 0 bridgehead atoms. The van der Waals surface area contributed by atoms with Crippen LogP contribution < -0.4 is 4.18 Å². The Morgan fingerprint density at radius 1 is 0.793 bits per heavy atom. The predicted molar refractivity (Wildman–Crippen MR) is 116 cm³/mol. The highest BCUT2D eigenvalue weighted by Crippen LogP contribution is 2.45. The Bertz CT molecular complexity index is 1050. The molecule has 10 heteroatoms. The maximum Gasteiger partial charge on any atom is 0.339 e. The van der Waals surface area contributed by atoms with E-state index in [2.05, 4.69) is 0 Å². The third-order valence-electron chi connectivity index (χ3n) is 4.80. The lowest BCUT2D eigenvalue weighted by atomic mass is 10.2. The van der Waals surface area contributed by atoms with Crippen molar-refractivity contribution >= 4 is 43.7 Å². The van der Waals surface area contributed by atoms with E-state index < -0.39 is 20.1 Å². The smallest absolute Gasteiger partial charge is 0.339 e. The predicted octanol–water partition coefficient (Wildman–Crippen LogP) is 3.72. The molecule has 0 spiro atoms. The van der Waals surface area contributed by atoms with Crippen LogP contribution in [0, 0.1) is 0 Å². The Kier molecular flexibility index (Phi) is 6.17. The van der Waals surface area contributed by atoms with Gasteiger partial charge in [-0.1, -0.05) is 12.1 Å². The Morgan fingerprint density at radius 3 is 1.93 bits per heavy atom. The van der Waals surface area contributed by atoms with Gasteiger partial charge in [0.1, 0.15) is 10.6 Å². The molecule has 29 heavy (non-hydrogen) atoms. The van der Waals surface area contributed by atoms with E-state index >= 15 is 0 Å². The van der Waals surface area contributed by atoms with Gasteiger partial charge < -0.3 is 4.18 Å². The average Bonchev–Trinajstić information content (AvgIpc) is 3.43. The largest absolute Gasteiger partial charge is 0.379 e. The van der Waals surface area contributed by atoms with Crippen molar-refractivity contribution in [1.29, 1.82) is 0 Å². The van der Waals surface area contributed by atoms with Gasteiger partial charge in [0.05, 0.1) is 9.48 Å². The Labute approximate surface area is 180 Å². The van der Waals surface area contributed by atoms with E-state index in [1.807, 2.05) is 35.7 Å². The van der Waals surface area contributed by atoms with E-state index in [0.717, 1.165) is 29.9 Å². The van der Waals surface area contributed by atoms with Gasteiger partial charge in [-0.15, -0.1) is 23.5 Å². The van der Waals surface area contributed by atoms with Gasteiger partial charge in [-0.2, -0.15) is 12.7 Å². The third kappa shape index (κ3) is 4.61. The lowest BCUT2D eigenvalue weighted by molar-refractivity contribution is 0.476. The van der Waals surface area contributed by atoms with Gasteiger partial charge in [0.2, 0.25) is 10.0 Å². The highest BCUT2D eigenvalue weighted by molar-refractivity contribution is 8.19. The fourth-order valence-electron chi connectivity index (χ4n) is 3.26. The highest BCUT2D eigenvalue weighted by Gasteiger charge is 2.28. The van der Waals surface area contributed by atoms with E-state index in [0.29, 0.717) is 17.7 Å². The first-order valence-electron chi connectivity index (χ1n) is 9.24. The van der Waals surface area contributed by atoms with Crippen molar-refractivity contribution in [2.24, 2.45) is 0 Å². The summed E-state index contributed by atoms with van der Waals surface area (Å²) in [5, 5.41) is 0. The molecule has 0 radical (unpaired) electrons. The van der Waals surface area contributed by atoms with Crippen molar-refractivity contribution in [1.82, 2.24) is 4.31 Å². The second kappa shape index (κ2) is 8.50. The molecule has 0 atom stereocenters. The minimum absolute atomic E-state index is 0.0798. The Hall–Kier alpha value is -1.20. The molecule has 0 amide bonds. The summed E-state index contributed by atoms with van der Waals surface area (Å²) in [6.07, 6.45) is 1.69. The first-order chi connectivity index (χ1) is 13.9. The lowest BCUT2D eigenvalue weighted by Gasteiger charge is -2.15. The van der Waals surface area contributed by atoms with E-state index in [4.69, 9.17) is 4.18 Å². The third-order valence-corrected chi connectivity index (χ3v) is 11.1. The van der Waals surface area contributed by atoms with Crippen molar-refractivity contribution in [3.8, 4) is 5.75 Å². The number of benzene rings is 2. The van der Waals surface area contributed by atoms with Crippen molar-refractivity contribution in [3.63, 3.8) is 0 Å². The first kappa shape index (κ1) is 21.0. The molecule has 4 rings (SSSR count). The van der Waals surface area contributed by atoms with Gasteiger partial charge in [-0.25, -0.2) is 8.42 Å². The zero-order chi connectivity index (χ0) is 20.5. The molecule has 0 unspecified atom stereocenters. The number of rotatable bonds is 6. The Balaban J connectivity index is 1.48. The fourth-order valence-corrected chi connectivity index (χ4v) is 8.57. The van der Waals surface area contributed by atoms with Crippen LogP contribution in [0.25, 0.3) is 0 Å². The molecule has 2 aliphatic rings. The van der Waals surface area contributed by atoms with Crippen LogP contribution in [0.4, 0.5) is 0 Å². The quantitative estimate of drug-likeness (QED) is 0.594. The summed E-state index contributed by atoms with van der Waals surface area (Å²) in [7, 11) is -7.62. The molecule has 156 valence electrons. The molecule has 2 aromatic carbocycles. The summed E-state index contributed by atoms with van der Waals surface area (Å²) in [6.45, 7) is 0.999. The molecule has 6 nitrogen and oxygen atoms in total. The van der Waals surface area contributed by atoms with E-state index in [1.165, 1.54) is 28.6 Å². The van der Waals surface area contributed by atoms with E-state index in [9.17, 15) is 16.8 Å². The standard InChI is InChI=1S/C19H21NO5S4/c21-28(22,20-11-1-2-12-20)17-7-9-18(10-8-17)29(23,24)25-16-5-3-15(4-6-16)19-26-13-14-27-19/h3-10,19H,1-2,11-14H2. The van der Waals surface area contributed by atoms with Crippen LogP contribution in [0.5, 0.6) is 5.75 Å². The van der Waals surface area contributed by atoms with Crippen molar-refractivity contribution in [2.45, 2.75) is 27.2 Å². The topological polar surface area (TPSA) is 80.8 Å². The molecular formula is C19H21NO5S4. The van der Waals surface area contributed by atoms with Gasteiger partial charge in [0.15, 0.2) is 0 Å². The van der Waals surface area contributed by atoms with Crippen molar-refractivity contribution in [3.05, 3.63) is 54.1 Å². The van der Waals surface area contributed by atoms with E-state index in [1.54, 1.807) is 12.1 Å². The van der Waals surface area contributed by atoms with Crippen LogP contribution in [0.3, 0.4) is 0 Å². The van der Waals surface area contributed by atoms with Crippen LogP contribution in [0.15, 0.2) is 58.3 Å². The maximum atomic E-state index is 12.6. The van der Waals surface area contributed by atoms with Crippen LogP contribution >= 0.6 is 23.5 Å². The Morgan fingerprint density at radius 2 is 1.34 bits per heavy atom. The van der Waals surface area contributed by atoms with Crippen LogP contribution in [0.1, 0.15) is 23.0 Å². The minimum Gasteiger partial charge on any atom is -0.379 e.